The molecule has 1 aliphatic rings. The number of carbonyl (C=O) groups is 2. The molecule has 3 rings (SSSR count). The van der Waals surface area contributed by atoms with E-state index in [1.807, 2.05) is 31.2 Å². The third-order valence-corrected chi connectivity index (χ3v) is 6.11. The van der Waals surface area contributed by atoms with Crippen LogP contribution >= 0.6 is 0 Å². The zero-order valence-corrected chi connectivity index (χ0v) is 21.4. The molecule has 2 aromatic rings. The van der Waals surface area contributed by atoms with Crippen molar-refractivity contribution >= 4 is 11.8 Å². The van der Waals surface area contributed by atoms with Crippen LogP contribution in [0.4, 0.5) is 0 Å². The molecule has 192 valence electrons. The van der Waals surface area contributed by atoms with E-state index < -0.39 is 12.1 Å². The Kier molecular flexibility index (Phi) is 9.28. The van der Waals surface area contributed by atoms with E-state index >= 15 is 0 Å². The summed E-state index contributed by atoms with van der Waals surface area (Å²) in [7, 11) is 4.75. The molecule has 2 amide bonds. The summed E-state index contributed by atoms with van der Waals surface area (Å²) in [6.07, 6.45) is 1.13. The summed E-state index contributed by atoms with van der Waals surface area (Å²) in [4.78, 5) is 33.4. The largest absolute Gasteiger partial charge is 0.497 e. The molecule has 1 aliphatic heterocycles. The van der Waals surface area contributed by atoms with Gasteiger partial charge in [0.15, 0.2) is 0 Å². The molecule has 9 heteroatoms. The van der Waals surface area contributed by atoms with Gasteiger partial charge >= 0.3 is 0 Å². The summed E-state index contributed by atoms with van der Waals surface area (Å²) < 4.78 is 16.3. The standard InChI is InChI=1S/C27H33N3O6/c1-18-14-30(19(2)16-31)27(33)23-12-21(7-6-20-8-10-22(35-5)11-9-20)13-28-26(23)36-24(18)15-29(3)25(32)17-34-4/h8-13,18-19,24,31H,14-17H2,1-5H3/t18-,19-,24+/m1/s1. The van der Waals surface area contributed by atoms with Crippen LogP contribution in [0.3, 0.4) is 0 Å². The van der Waals surface area contributed by atoms with Gasteiger partial charge < -0.3 is 29.1 Å². The second kappa shape index (κ2) is 12.4. The highest BCUT2D eigenvalue weighted by Crippen LogP contribution is 2.27. The lowest BCUT2D eigenvalue weighted by Crippen LogP contribution is -2.50. The Balaban J connectivity index is 1.95. The van der Waals surface area contributed by atoms with E-state index in [2.05, 4.69) is 16.8 Å². The predicted octanol–water partition coefficient (Wildman–Crippen LogP) is 1.81. The van der Waals surface area contributed by atoms with Crippen LogP contribution in [0.5, 0.6) is 11.6 Å². The Morgan fingerprint density at radius 3 is 2.61 bits per heavy atom. The number of aliphatic hydroxyl groups is 1. The Hall–Kier alpha value is -3.61. The van der Waals surface area contributed by atoms with Gasteiger partial charge in [0.05, 0.1) is 26.3 Å². The summed E-state index contributed by atoms with van der Waals surface area (Å²) in [5.74, 6) is 6.43. The molecule has 1 N–H and O–H groups in total. The third kappa shape index (κ3) is 6.53. The molecule has 0 saturated heterocycles. The number of hydrogen-bond donors (Lipinski definition) is 1. The van der Waals surface area contributed by atoms with E-state index in [0.29, 0.717) is 18.7 Å². The van der Waals surface area contributed by atoms with E-state index in [0.717, 1.165) is 11.3 Å². The number of likely N-dealkylation sites (N-methyl/N-ethyl adjacent to an activating group) is 1. The van der Waals surface area contributed by atoms with E-state index in [4.69, 9.17) is 14.2 Å². The van der Waals surface area contributed by atoms with Crippen molar-refractivity contribution in [3.8, 4) is 23.5 Å². The fraction of sp³-hybridized carbons (Fsp3) is 0.444. The molecular weight excluding hydrogens is 462 g/mol. The lowest BCUT2D eigenvalue weighted by molar-refractivity contribution is -0.135. The van der Waals surface area contributed by atoms with Crippen LogP contribution in [-0.2, 0) is 9.53 Å². The number of carbonyl (C=O) groups excluding carboxylic acids is 2. The van der Waals surface area contributed by atoms with Crippen LogP contribution < -0.4 is 9.47 Å². The highest BCUT2D eigenvalue weighted by molar-refractivity contribution is 5.97. The van der Waals surface area contributed by atoms with Crippen molar-refractivity contribution in [1.29, 1.82) is 0 Å². The number of hydrogen-bond acceptors (Lipinski definition) is 7. The molecule has 2 heterocycles. The maximum absolute atomic E-state index is 13.5. The van der Waals surface area contributed by atoms with E-state index in [1.54, 1.807) is 43.1 Å². The lowest BCUT2D eigenvalue weighted by Gasteiger charge is -2.37. The molecule has 0 fully saturated rings. The van der Waals surface area contributed by atoms with Gasteiger partial charge in [0.2, 0.25) is 11.8 Å². The molecule has 0 saturated carbocycles. The maximum Gasteiger partial charge on any atom is 0.259 e. The smallest absolute Gasteiger partial charge is 0.259 e. The minimum Gasteiger partial charge on any atom is -0.497 e. The molecule has 0 aliphatic carbocycles. The van der Waals surface area contributed by atoms with Gasteiger partial charge in [0, 0.05) is 43.9 Å². The molecule has 3 atom stereocenters. The lowest BCUT2D eigenvalue weighted by atomic mass is 10.00. The number of nitrogens with zero attached hydrogens (tertiary/aromatic N) is 3. The van der Waals surface area contributed by atoms with Gasteiger partial charge in [0.25, 0.3) is 5.91 Å². The number of aromatic nitrogens is 1. The number of benzene rings is 1. The second-order valence-corrected chi connectivity index (χ2v) is 8.89. The first-order valence-corrected chi connectivity index (χ1v) is 11.7. The highest BCUT2D eigenvalue weighted by atomic mass is 16.5. The minimum absolute atomic E-state index is 0.0329. The van der Waals surface area contributed by atoms with Crippen LogP contribution in [0.2, 0.25) is 0 Å². The molecular formula is C27H33N3O6. The topological polar surface area (TPSA) is 101 Å². The van der Waals surface area contributed by atoms with Crippen molar-refractivity contribution in [3.63, 3.8) is 0 Å². The number of aliphatic hydroxyl groups excluding tert-OH is 1. The Bertz CT molecular complexity index is 1120. The Morgan fingerprint density at radius 1 is 1.28 bits per heavy atom. The molecule has 0 spiro atoms. The van der Waals surface area contributed by atoms with Crippen molar-refractivity contribution in [3.05, 3.63) is 53.2 Å². The van der Waals surface area contributed by atoms with Crippen LogP contribution in [-0.4, -0.2) is 91.4 Å². The van der Waals surface area contributed by atoms with Crippen molar-refractivity contribution < 1.29 is 28.9 Å². The monoisotopic (exact) mass is 495 g/mol. The number of methoxy groups -OCH3 is 2. The maximum atomic E-state index is 13.5. The highest BCUT2D eigenvalue weighted by Gasteiger charge is 2.34. The first-order valence-electron chi connectivity index (χ1n) is 11.7. The first kappa shape index (κ1) is 27.0. The average molecular weight is 496 g/mol. The molecule has 0 bridgehead atoms. The van der Waals surface area contributed by atoms with E-state index in [-0.39, 0.29) is 42.4 Å². The van der Waals surface area contributed by atoms with Crippen LogP contribution in [0.1, 0.15) is 35.3 Å². The number of amides is 2. The van der Waals surface area contributed by atoms with Crippen LogP contribution in [0, 0.1) is 17.8 Å². The Labute approximate surface area is 212 Å². The Morgan fingerprint density at radius 2 is 1.97 bits per heavy atom. The van der Waals surface area contributed by atoms with Gasteiger partial charge in [-0.1, -0.05) is 18.8 Å². The SMILES string of the molecule is COCC(=O)N(C)C[C@@H]1Oc2ncc(C#Cc3ccc(OC)cc3)cc2C(=O)N([C@H](C)CO)C[C@H]1C. The molecule has 1 aromatic heterocycles. The van der Waals surface area contributed by atoms with Gasteiger partial charge in [-0.05, 0) is 37.3 Å². The number of pyridine rings is 1. The molecule has 0 radical (unpaired) electrons. The van der Waals surface area contributed by atoms with Crippen molar-refractivity contribution in [2.75, 3.05) is 47.6 Å². The summed E-state index contributed by atoms with van der Waals surface area (Å²) in [5, 5.41) is 9.81. The number of fused-ring (bicyclic) bond motifs is 1. The molecule has 9 nitrogen and oxygen atoms in total. The van der Waals surface area contributed by atoms with Gasteiger partial charge in [-0.15, -0.1) is 0 Å². The van der Waals surface area contributed by atoms with Gasteiger partial charge in [-0.3, -0.25) is 9.59 Å². The van der Waals surface area contributed by atoms with Crippen molar-refractivity contribution in [2.45, 2.75) is 26.0 Å². The zero-order chi connectivity index (χ0) is 26.2. The third-order valence-electron chi connectivity index (χ3n) is 6.11. The summed E-state index contributed by atoms with van der Waals surface area (Å²) in [5.41, 5.74) is 1.61. The minimum atomic E-state index is -0.431. The van der Waals surface area contributed by atoms with E-state index in [9.17, 15) is 14.7 Å². The van der Waals surface area contributed by atoms with Gasteiger partial charge in [0.1, 0.15) is 24.0 Å². The fourth-order valence-corrected chi connectivity index (χ4v) is 3.81. The molecule has 36 heavy (non-hydrogen) atoms. The first-order chi connectivity index (χ1) is 17.3. The normalized spacial score (nSPS) is 18.1. The zero-order valence-electron chi connectivity index (χ0n) is 21.4. The van der Waals surface area contributed by atoms with Gasteiger partial charge in [-0.2, -0.15) is 0 Å². The predicted molar refractivity (Wildman–Crippen MR) is 134 cm³/mol. The quantitative estimate of drug-likeness (QED) is 0.585. The fourth-order valence-electron chi connectivity index (χ4n) is 3.81. The average Bonchev–Trinajstić information content (AvgIpc) is 2.89. The van der Waals surface area contributed by atoms with Crippen LogP contribution in [0.15, 0.2) is 36.5 Å². The number of ether oxygens (including phenoxy) is 3. The molecule has 0 unspecified atom stereocenters. The number of rotatable bonds is 7. The van der Waals surface area contributed by atoms with Crippen LogP contribution in [0.25, 0.3) is 0 Å². The summed E-state index contributed by atoms with van der Waals surface area (Å²) >= 11 is 0. The molecule has 1 aromatic carbocycles. The van der Waals surface area contributed by atoms with Gasteiger partial charge in [-0.25, -0.2) is 4.98 Å². The second-order valence-electron chi connectivity index (χ2n) is 8.89. The van der Waals surface area contributed by atoms with Crippen molar-refractivity contribution in [1.82, 2.24) is 14.8 Å². The van der Waals surface area contributed by atoms with E-state index in [1.165, 1.54) is 7.11 Å². The summed E-state index contributed by atoms with van der Waals surface area (Å²) in [6, 6.07) is 8.59. The van der Waals surface area contributed by atoms with Crippen molar-refractivity contribution in [2.24, 2.45) is 5.92 Å². The summed E-state index contributed by atoms with van der Waals surface area (Å²) in [6.45, 7) is 4.16.